The first-order valence-corrected chi connectivity index (χ1v) is 10.1. The van der Waals surface area contributed by atoms with Crippen molar-refractivity contribution >= 4 is 0 Å². The fourth-order valence-electron chi connectivity index (χ4n) is 4.48. The van der Waals surface area contributed by atoms with Crippen LogP contribution in [0.4, 0.5) is 0 Å². The van der Waals surface area contributed by atoms with Crippen molar-refractivity contribution in [3.05, 3.63) is 102 Å². The van der Waals surface area contributed by atoms with Crippen molar-refractivity contribution in [3.63, 3.8) is 0 Å². The molecule has 0 fully saturated rings. The maximum Gasteiger partial charge on any atom is 0.119 e. The summed E-state index contributed by atoms with van der Waals surface area (Å²) >= 11 is 0. The summed E-state index contributed by atoms with van der Waals surface area (Å²) in [6.45, 7) is 8.08. The van der Waals surface area contributed by atoms with Gasteiger partial charge in [-0.25, -0.2) is 0 Å². The second kappa shape index (κ2) is 7.93. The maximum atomic E-state index is 5.85. The molecule has 2 nitrogen and oxygen atoms in total. The zero-order chi connectivity index (χ0) is 19.4. The Kier molecular flexibility index (Phi) is 5.21. The molecule has 0 atom stereocenters. The molecular weight excluding hydrogens is 342 g/mol. The molecule has 1 aliphatic rings. The van der Waals surface area contributed by atoms with Gasteiger partial charge in [0, 0.05) is 12.2 Å². The van der Waals surface area contributed by atoms with Crippen LogP contribution in [0.15, 0.2) is 91.1 Å². The van der Waals surface area contributed by atoms with E-state index in [1.165, 1.54) is 22.3 Å². The van der Waals surface area contributed by atoms with E-state index in [4.69, 9.17) is 4.74 Å². The Morgan fingerprint density at radius 3 is 2.04 bits per heavy atom. The van der Waals surface area contributed by atoms with E-state index in [1.807, 2.05) is 30.3 Å². The summed E-state index contributed by atoms with van der Waals surface area (Å²) in [5.74, 6) is 0.898. The van der Waals surface area contributed by atoms with Crippen molar-refractivity contribution in [2.45, 2.75) is 25.2 Å². The van der Waals surface area contributed by atoms with E-state index in [-0.39, 0.29) is 5.41 Å². The Hall–Kier alpha value is -3.00. The highest BCUT2D eigenvalue weighted by molar-refractivity contribution is 5.82. The molecule has 4 rings (SSSR count). The van der Waals surface area contributed by atoms with Gasteiger partial charge in [0.2, 0.25) is 0 Å². The minimum absolute atomic E-state index is 0.186. The Bertz CT molecular complexity index is 915. The van der Waals surface area contributed by atoms with E-state index in [0.29, 0.717) is 6.61 Å². The first kappa shape index (κ1) is 18.4. The Balaban J connectivity index is 1.58. The van der Waals surface area contributed by atoms with Gasteiger partial charge in [-0.05, 0) is 40.8 Å². The highest BCUT2D eigenvalue weighted by Gasteiger charge is 2.44. The molecule has 0 aromatic heterocycles. The molecule has 0 bridgehead atoms. The molecule has 0 saturated heterocycles. The molecule has 3 aromatic carbocycles. The highest BCUT2D eigenvalue weighted by atomic mass is 16.5. The zero-order valence-corrected chi connectivity index (χ0v) is 16.4. The molecule has 3 aromatic rings. The molecule has 142 valence electrons. The van der Waals surface area contributed by atoms with Crippen molar-refractivity contribution < 1.29 is 4.74 Å². The predicted molar refractivity (Wildman–Crippen MR) is 117 cm³/mol. The Labute approximate surface area is 167 Å². The van der Waals surface area contributed by atoms with E-state index >= 15 is 0 Å². The largest absolute Gasteiger partial charge is 0.492 e. The normalized spacial score (nSPS) is 13.5. The van der Waals surface area contributed by atoms with Crippen molar-refractivity contribution in [1.82, 2.24) is 5.32 Å². The van der Waals surface area contributed by atoms with Crippen LogP contribution in [0.2, 0.25) is 0 Å². The minimum Gasteiger partial charge on any atom is -0.492 e. The average Bonchev–Trinajstić information content (AvgIpc) is 3.03. The van der Waals surface area contributed by atoms with Crippen molar-refractivity contribution in [2.75, 3.05) is 13.2 Å². The van der Waals surface area contributed by atoms with E-state index in [2.05, 4.69) is 67.4 Å². The number of fused-ring (bicyclic) bond motifs is 3. The van der Waals surface area contributed by atoms with Gasteiger partial charge in [-0.2, -0.15) is 0 Å². The van der Waals surface area contributed by atoms with Crippen LogP contribution in [0, 0.1) is 0 Å². The smallest absolute Gasteiger partial charge is 0.119 e. The standard InChI is InChI=1S/C26H27NO/c1-3-17-26(20(2)27-18-19-28-21-11-5-4-6-12-21)24-15-9-7-13-22(24)23-14-8-10-16-25(23)26/h4-16,27H,2-3,17-19H2,1H3. The van der Waals surface area contributed by atoms with Crippen molar-refractivity contribution in [3.8, 4) is 16.9 Å². The fourth-order valence-corrected chi connectivity index (χ4v) is 4.48. The predicted octanol–water partition coefficient (Wildman–Crippen LogP) is 5.94. The molecule has 0 heterocycles. The summed E-state index contributed by atoms with van der Waals surface area (Å²) in [7, 11) is 0. The quantitative estimate of drug-likeness (QED) is 0.497. The summed E-state index contributed by atoms with van der Waals surface area (Å²) in [4.78, 5) is 0. The van der Waals surface area contributed by atoms with Crippen LogP contribution in [0.5, 0.6) is 5.75 Å². The van der Waals surface area contributed by atoms with Gasteiger partial charge in [0.15, 0.2) is 0 Å². The van der Waals surface area contributed by atoms with Gasteiger partial charge in [0.05, 0.1) is 5.41 Å². The molecule has 28 heavy (non-hydrogen) atoms. The van der Waals surface area contributed by atoms with Gasteiger partial charge >= 0.3 is 0 Å². The van der Waals surface area contributed by atoms with E-state index in [0.717, 1.165) is 30.8 Å². The van der Waals surface area contributed by atoms with Gasteiger partial charge in [-0.3, -0.25) is 0 Å². The van der Waals surface area contributed by atoms with Crippen LogP contribution in [-0.4, -0.2) is 13.2 Å². The number of hydrogen-bond acceptors (Lipinski definition) is 2. The fraction of sp³-hybridized carbons (Fsp3) is 0.231. The van der Waals surface area contributed by atoms with E-state index < -0.39 is 0 Å². The molecular formula is C26H27NO. The Morgan fingerprint density at radius 2 is 1.43 bits per heavy atom. The minimum atomic E-state index is -0.186. The van der Waals surface area contributed by atoms with E-state index in [9.17, 15) is 0 Å². The topological polar surface area (TPSA) is 21.3 Å². The van der Waals surface area contributed by atoms with Crippen LogP contribution in [0.25, 0.3) is 11.1 Å². The molecule has 0 unspecified atom stereocenters. The number of benzene rings is 3. The maximum absolute atomic E-state index is 5.85. The monoisotopic (exact) mass is 369 g/mol. The van der Waals surface area contributed by atoms with Gasteiger partial charge in [-0.1, -0.05) is 86.7 Å². The van der Waals surface area contributed by atoms with Crippen LogP contribution < -0.4 is 10.1 Å². The third-order valence-corrected chi connectivity index (χ3v) is 5.66. The second-order valence-electron chi connectivity index (χ2n) is 7.31. The lowest BCUT2D eigenvalue weighted by Gasteiger charge is -2.35. The number of hydrogen-bond donors (Lipinski definition) is 1. The number of rotatable bonds is 8. The molecule has 0 amide bonds. The summed E-state index contributed by atoms with van der Waals surface area (Å²) in [5, 5.41) is 3.58. The number of ether oxygens (including phenoxy) is 1. The third-order valence-electron chi connectivity index (χ3n) is 5.66. The summed E-state index contributed by atoms with van der Waals surface area (Å²) in [6, 6.07) is 27.5. The average molecular weight is 370 g/mol. The SMILES string of the molecule is C=C(NCCOc1ccccc1)C1(CCC)c2ccccc2-c2ccccc21. The van der Waals surface area contributed by atoms with Crippen LogP contribution in [0.3, 0.4) is 0 Å². The highest BCUT2D eigenvalue weighted by Crippen LogP contribution is 2.53. The van der Waals surface area contributed by atoms with Gasteiger partial charge < -0.3 is 10.1 Å². The number of para-hydroxylation sites is 1. The van der Waals surface area contributed by atoms with Crippen LogP contribution in [0.1, 0.15) is 30.9 Å². The lowest BCUT2D eigenvalue weighted by atomic mass is 9.72. The van der Waals surface area contributed by atoms with Gasteiger partial charge in [-0.15, -0.1) is 0 Å². The number of nitrogens with one attached hydrogen (secondary N) is 1. The van der Waals surface area contributed by atoms with Crippen molar-refractivity contribution in [1.29, 1.82) is 0 Å². The molecule has 2 heteroatoms. The number of allylic oxidation sites excluding steroid dienone is 1. The first-order valence-electron chi connectivity index (χ1n) is 10.1. The van der Waals surface area contributed by atoms with E-state index in [1.54, 1.807) is 0 Å². The summed E-state index contributed by atoms with van der Waals surface area (Å²) < 4.78 is 5.85. The summed E-state index contributed by atoms with van der Waals surface area (Å²) in [5.41, 5.74) is 6.25. The molecule has 1 aliphatic carbocycles. The molecule has 0 spiro atoms. The third kappa shape index (κ3) is 3.09. The first-order chi connectivity index (χ1) is 13.8. The van der Waals surface area contributed by atoms with Gasteiger partial charge in [0.25, 0.3) is 0 Å². The summed E-state index contributed by atoms with van der Waals surface area (Å²) in [6.07, 6.45) is 2.12. The van der Waals surface area contributed by atoms with Crippen molar-refractivity contribution in [2.24, 2.45) is 0 Å². The second-order valence-corrected chi connectivity index (χ2v) is 7.31. The Morgan fingerprint density at radius 1 is 0.857 bits per heavy atom. The molecule has 0 saturated carbocycles. The van der Waals surface area contributed by atoms with Gasteiger partial charge in [0.1, 0.15) is 12.4 Å². The van der Waals surface area contributed by atoms with Crippen LogP contribution >= 0.6 is 0 Å². The molecule has 1 N–H and O–H groups in total. The lowest BCUT2D eigenvalue weighted by Crippen LogP contribution is -2.36. The zero-order valence-electron chi connectivity index (χ0n) is 16.4. The molecule has 0 radical (unpaired) electrons. The van der Waals surface area contributed by atoms with Crippen LogP contribution in [-0.2, 0) is 5.41 Å². The molecule has 0 aliphatic heterocycles. The lowest BCUT2D eigenvalue weighted by molar-refractivity contribution is 0.315.